The van der Waals surface area contributed by atoms with E-state index in [0.717, 1.165) is 36.4 Å². The van der Waals surface area contributed by atoms with Crippen LogP contribution in [0.25, 0.3) is 0 Å². The van der Waals surface area contributed by atoms with Crippen molar-refractivity contribution in [2.24, 2.45) is 11.7 Å². The van der Waals surface area contributed by atoms with Gasteiger partial charge in [0.25, 0.3) is 5.91 Å². The Bertz CT molecular complexity index is 542. The van der Waals surface area contributed by atoms with Gasteiger partial charge < -0.3 is 15.4 Å². The molecule has 0 aliphatic carbocycles. The standard InChI is InChI=1S/C19H30N2O2/c1-5-6-7-8-11-21-16-12-15(18(20)13(2)3)9-10-17(16)23-14(4)19(21)22/h9-10,12-14,18H,5-8,11,20H2,1-4H3. The van der Waals surface area contributed by atoms with Crippen LogP contribution in [-0.4, -0.2) is 18.6 Å². The molecule has 0 saturated heterocycles. The summed E-state index contributed by atoms with van der Waals surface area (Å²) in [5.74, 6) is 1.18. The number of ether oxygens (including phenoxy) is 1. The van der Waals surface area contributed by atoms with Crippen LogP contribution in [0, 0.1) is 5.92 Å². The fraction of sp³-hybridized carbons (Fsp3) is 0.632. The van der Waals surface area contributed by atoms with Crippen LogP contribution >= 0.6 is 0 Å². The molecule has 4 nitrogen and oxygen atoms in total. The Kier molecular flexibility index (Phi) is 6.05. The van der Waals surface area contributed by atoms with E-state index in [1.165, 1.54) is 12.8 Å². The van der Waals surface area contributed by atoms with Crippen molar-refractivity contribution in [3.63, 3.8) is 0 Å². The van der Waals surface area contributed by atoms with E-state index < -0.39 is 6.10 Å². The van der Waals surface area contributed by atoms with Gasteiger partial charge >= 0.3 is 0 Å². The summed E-state index contributed by atoms with van der Waals surface area (Å²) in [5.41, 5.74) is 8.21. The van der Waals surface area contributed by atoms with E-state index >= 15 is 0 Å². The zero-order valence-corrected chi connectivity index (χ0v) is 14.8. The normalized spacial score (nSPS) is 18.8. The number of anilines is 1. The summed E-state index contributed by atoms with van der Waals surface area (Å²) in [6.45, 7) is 8.97. The second-order valence-electron chi connectivity index (χ2n) is 6.81. The lowest BCUT2D eigenvalue weighted by Gasteiger charge is -2.34. The number of hydrogen-bond donors (Lipinski definition) is 1. The lowest BCUT2D eigenvalue weighted by atomic mass is 9.96. The van der Waals surface area contributed by atoms with E-state index in [4.69, 9.17) is 10.5 Å². The van der Waals surface area contributed by atoms with Crippen molar-refractivity contribution in [2.75, 3.05) is 11.4 Å². The van der Waals surface area contributed by atoms with Gasteiger partial charge in [-0.25, -0.2) is 0 Å². The van der Waals surface area contributed by atoms with Crippen LogP contribution in [0.4, 0.5) is 5.69 Å². The van der Waals surface area contributed by atoms with Gasteiger partial charge in [-0.2, -0.15) is 0 Å². The number of rotatable bonds is 7. The highest BCUT2D eigenvalue weighted by molar-refractivity contribution is 5.99. The first-order valence-corrected chi connectivity index (χ1v) is 8.83. The van der Waals surface area contributed by atoms with E-state index in [1.54, 1.807) is 0 Å². The SMILES string of the molecule is CCCCCCN1C(=O)C(C)Oc2ccc(C(N)C(C)C)cc21. The topological polar surface area (TPSA) is 55.6 Å². The van der Waals surface area contributed by atoms with Crippen molar-refractivity contribution in [3.05, 3.63) is 23.8 Å². The number of benzene rings is 1. The molecule has 0 spiro atoms. The zero-order chi connectivity index (χ0) is 17.0. The van der Waals surface area contributed by atoms with E-state index in [0.29, 0.717) is 5.92 Å². The molecule has 2 rings (SSSR count). The number of fused-ring (bicyclic) bond motifs is 1. The quantitative estimate of drug-likeness (QED) is 0.772. The van der Waals surface area contributed by atoms with E-state index in [2.05, 4.69) is 20.8 Å². The molecule has 1 aromatic carbocycles. The molecule has 2 N–H and O–H groups in total. The predicted octanol–water partition coefficient (Wildman–Crippen LogP) is 4.04. The molecule has 0 saturated carbocycles. The van der Waals surface area contributed by atoms with Gasteiger partial charge in [-0.1, -0.05) is 46.1 Å². The number of nitrogens with two attached hydrogens (primary N) is 1. The average molecular weight is 318 g/mol. The monoisotopic (exact) mass is 318 g/mol. The molecule has 0 radical (unpaired) electrons. The molecule has 1 aliphatic heterocycles. The van der Waals surface area contributed by atoms with Gasteiger partial charge in [0.1, 0.15) is 5.75 Å². The molecular weight excluding hydrogens is 288 g/mol. The molecule has 23 heavy (non-hydrogen) atoms. The summed E-state index contributed by atoms with van der Waals surface area (Å²) in [6, 6.07) is 5.97. The first-order valence-electron chi connectivity index (χ1n) is 8.83. The Balaban J connectivity index is 2.25. The molecule has 0 fully saturated rings. The number of carbonyl (C=O) groups is 1. The van der Waals surface area contributed by atoms with Crippen molar-refractivity contribution in [2.45, 2.75) is 65.5 Å². The van der Waals surface area contributed by atoms with Gasteiger partial charge in [-0.15, -0.1) is 0 Å². The van der Waals surface area contributed by atoms with Gasteiger partial charge in [0, 0.05) is 12.6 Å². The second kappa shape index (κ2) is 7.82. The van der Waals surface area contributed by atoms with Crippen LogP contribution in [-0.2, 0) is 4.79 Å². The highest BCUT2D eigenvalue weighted by atomic mass is 16.5. The molecule has 1 amide bonds. The lowest BCUT2D eigenvalue weighted by molar-refractivity contribution is -0.125. The lowest BCUT2D eigenvalue weighted by Crippen LogP contribution is -2.45. The summed E-state index contributed by atoms with van der Waals surface area (Å²) >= 11 is 0. The van der Waals surface area contributed by atoms with Crippen LogP contribution in [0.15, 0.2) is 18.2 Å². The smallest absolute Gasteiger partial charge is 0.267 e. The van der Waals surface area contributed by atoms with Crippen molar-refractivity contribution in [1.29, 1.82) is 0 Å². The van der Waals surface area contributed by atoms with Crippen molar-refractivity contribution >= 4 is 11.6 Å². The summed E-state index contributed by atoms with van der Waals surface area (Å²) in [5, 5.41) is 0. The third-order valence-electron chi connectivity index (χ3n) is 4.53. The van der Waals surface area contributed by atoms with E-state index in [-0.39, 0.29) is 11.9 Å². The van der Waals surface area contributed by atoms with Crippen molar-refractivity contribution in [1.82, 2.24) is 0 Å². The summed E-state index contributed by atoms with van der Waals surface area (Å²) in [4.78, 5) is 14.4. The molecule has 2 unspecified atom stereocenters. The molecule has 2 atom stereocenters. The second-order valence-corrected chi connectivity index (χ2v) is 6.81. The van der Waals surface area contributed by atoms with Crippen molar-refractivity contribution in [3.8, 4) is 5.75 Å². The maximum absolute atomic E-state index is 12.5. The maximum atomic E-state index is 12.5. The fourth-order valence-electron chi connectivity index (χ4n) is 2.94. The number of carbonyl (C=O) groups excluding carboxylic acids is 1. The zero-order valence-electron chi connectivity index (χ0n) is 14.8. The van der Waals surface area contributed by atoms with Crippen molar-refractivity contribution < 1.29 is 9.53 Å². The minimum atomic E-state index is -0.418. The maximum Gasteiger partial charge on any atom is 0.267 e. The predicted molar refractivity (Wildman–Crippen MR) is 94.8 cm³/mol. The minimum Gasteiger partial charge on any atom is -0.479 e. The Morgan fingerprint density at radius 3 is 2.65 bits per heavy atom. The largest absolute Gasteiger partial charge is 0.479 e. The van der Waals surface area contributed by atoms with Crippen LogP contribution in [0.3, 0.4) is 0 Å². The Morgan fingerprint density at radius 1 is 1.26 bits per heavy atom. The molecule has 0 aromatic heterocycles. The average Bonchev–Trinajstić information content (AvgIpc) is 2.53. The third kappa shape index (κ3) is 4.05. The Morgan fingerprint density at radius 2 is 2.00 bits per heavy atom. The molecule has 1 aromatic rings. The van der Waals surface area contributed by atoms with Crippen LogP contribution in [0.5, 0.6) is 5.75 Å². The molecule has 4 heteroatoms. The van der Waals surface area contributed by atoms with Gasteiger partial charge in [0.2, 0.25) is 0 Å². The van der Waals surface area contributed by atoms with Gasteiger partial charge in [-0.3, -0.25) is 4.79 Å². The number of hydrogen-bond acceptors (Lipinski definition) is 3. The number of unbranched alkanes of at least 4 members (excludes halogenated alkanes) is 3. The molecule has 1 heterocycles. The highest BCUT2D eigenvalue weighted by Crippen LogP contribution is 2.37. The fourth-order valence-corrected chi connectivity index (χ4v) is 2.94. The number of nitrogens with zero attached hydrogens (tertiary/aromatic N) is 1. The van der Waals surface area contributed by atoms with Gasteiger partial charge in [0.05, 0.1) is 5.69 Å². The Labute approximate surface area is 140 Å². The number of amides is 1. The molecule has 0 bridgehead atoms. The van der Waals surface area contributed by atoms with Gasteiger partial charge in [0.15, 0.2) is 6.10 Å². The third-order valence-corrected chi connectivity index (χ3v) is 4.53. The van der Waals surface area contributed by atoms with Crippen LogP contribution < -0.4 is 15.4 Å². The van der Waals surface area contributed by atoms with E-state index in [9.17, 15) is 4.79 Å². The molecule has 1 aliphatic rings. The van der Waals surface area contributed by atoms with E-state index in [1.807, 2.05) is 30.0 Å². The highest BCUT2D eigenvalue weighted by Gasteiger charge is 2.31. The minimum absolute atomic E-state index is 0.0308. The molecule has 128 valence electrons. The Hall–Kier alpha value is -1.55. The van der Waals surface area contributed by atoms with Crippen LogP contribution in [0.1, 0.15) is 65.0 Å². The summed E-state index contributed by atoms with van der Waals surface area (Å²) in [6.07, 6.45) is 4.15. The molecular formula is C19H30N2O2. The first kappa shape index (κ1) is 17.8. The summed E-state index contributed by atoms with van der Waals surface area (Å²) < 4.78 is 5.76. The van der Waals surface area contributed by atoms with Crippen LogP contribution in [0.2, 0.25) is 0 Å². The summed E-state index contributed by atoms with van der Waals surface area (Å²) in [7, 11) is 0. The van der Waals surface area contributed by atoms with Gasteiger partial charge in [-0.05, 0) is 37.0 Å². The first-order chi connectivity index (χ1) is 11.0.